The lowest BCUT2D eigenvalue weighted by atomic mass is 10.0. The first kappa shape index (κ1) is 25.6. The highest BCUT2D eigenvalue weighted by molar-refractivity contribution is 5.88. The van der Waals surface area contributed by atoms with E-state index in [1.165, 1.54) is 0 Å². The first-order valence-electron chi connectivity index (χ1n) is 12.3. The van der Waals surface area contributed by atoms with Gasteiger partial charge in [-0.2, -0.15) is 0 Å². The van der Waals surface area contributed by atoms with Crippen LogP contribution in [0.5, 0.6) is 5.75 Å². The minimum absolute atomic E-state index is 0.0925. The summed E-state index contributed by atoms with van der Waals surface area (Å²) in [7, 11) is 1.62. The third-order valence-electron chi connectivity index (χ3n) is 6.17. The maximum Gasteiger partial charge on any atom is 0.247 e. The fourth-order valence-corrected chi connectivity index (χ4v) is 4.19. The van der Waals surface area contributed by atoms with Gasteiger partial charge in [0.2, 0.25) is 11.8 Å². The molecule has 0 saturated heterocycles. The number of ether oxygens (including phenoxy) is 1. The smallest absolute Gasteiger partial charge is 0.247 e. The van der Waals surface area contributed by atoms with Crippen LogP contribution in [0.1, 0.15) is 34.7 Å². The third kappa shape index (κ3) is 7.27. The van der Waals surface area contributed by atoms with Gasteiger partial charge in [0.15, 0.2) is 0 Å². The van der Waals surface area contributed by atoms with E-state index in [-0.39, 0.29) is 18.4 Å². The minimum atomic E-state index is -0.789. The second-order valence-corrected chi connectivity index (χ2v) is 8.75. The van der Waals surface area contributed by atoms with Crippen molar-refractivity contribution in [1.82, 2.24) is 15.2 Å². The Labute approximate surface area is 217 Å². The van der Waals surface area contributed by atoms with Gasteiger partial charge < -0.3 is 15.0 Å². The number of pyridine rings is 1. The van der Waals surface area contributed by atoms with E-state index < -0.39 is 6.04 Å². The average molecular weight is 494 g/mol. The number of aromatic nitrogens is 1. The Balaban J connectivity index is 1.63. The van der Waals surface area contributed by atoms with E-state index in [1.54, 1.807) is 24.4 Å². The van der Waals surface area contributed by atoms with Gasteiger partial charge in [-0.25, -0.2) is 0 Å². The molecule has 6 nitrogen and oxygen atoms in total. The summed E-state index contributed by atoms with van der Waals surface area (Å²) in [5, 5.41) is 3.02. The molecule has 0 saturated carbocycles. The van der Waals surface area contributed by atoms with E-state index in [4.69, 9.17) is 4.74 Å². The SMILES string of the molecule is COc1ccc(CN(C(=O)CCc2ccccc2)[C@H](C(=O)NCc2cccnc2)c2ccccc2)cc1. The molecular weight excluding hydrogens is 462 g/mol. The summed E-state index contributed by atoms with van der Waals surface area (Å²) in [6.07, 6.45) is 4.30. The van der Waals surface area contributed by atoms with Gasteiger partial charge in [0, 0.05) is 31.9 Å². The van der Waals surface area contributed by atoms with Gasteiger partial charge in [-0.3, -0.25) is 14.6 Å². The summed E-state index contributed by atoms with van der Waals surface area (Å²) >= 11 is 0. The number of hydrogen-bond donors (Lipinski definition) is 1. The maximum absolute atomic E-state index is 13.7. The Hall–Kier alpha value is -4.45. The van der Waals surface area contributed by atoms with Gasteiger partial charge >= 0.3 is 0 Å². The molecule has 37 heavy (non-hydrogen) atoms. The van der Waals surface area contributed by atoms with Gasteiger partial charge in [-0.1, -0.05) is 78.9 Å². The average Bonchev–Trinajstić information content (AvgIpc) is 2.96. The molecule has 3 aromatic carbocycles. The number of hydrogen-bond acceptors (Lipinski definition) is 4. The van der Waals surface area contributed by atoms with Gasteiger partial charge in [-0.05, 0) is 46.9 Å². The van der Waals surface area contributed by atoms with Crippen LogP contribution in [0.15, 0.2) is 109 Å². The molecule has 0 aliphatic heterocycles. The Morgan fingerprint density at radius 3 is 2.16 bits per heavy atom. The van der Waals surface area contributed by atoms with Crippen LogP contribution in [0, 0.1) is 0 Å². The highest BCUT2D eigenvalue weighted by atomic mass is 16.5. The van der Waals surface area contributed by atoms with Crippen LogP contribution in [-0.4, -0.2) is 28.8 Å². The van der Waals surface area contributed by atoms with Crippen molar-refractivity contribution in [3.8, 4) is 5.75 Å². The molecular formula is C31H31N3O3. The molecule has 1 atom stereocenters. The van der Waals surface area contributed by atoms with Crippen LogP contribution in [0.25, 0.3) is 0 Å². The van der Waals surface area contributed by atoms with Crippen molar-refractivity contribution in [2.24, 2.45) is 0 Å². The van der Waals surface area contributed by atoms with Crippen LogP contribution in [-0.2, 0) is 29.1 Å². The number of carbonyl (C=O) groups is 2. The molecule has 4 aromatic rings. The van der Waals surface area contributed by atoms with Crippen molar-refractivity contribution >= 4 is 11.8 Å². The van der Waals surface area contributed by atoms with E-state index in [9.17, 15) is 9.59 Å². The molecule has 4 rings (SSSR count). The van der Waals surface area contributed by atoms with Gasteiger partial charge in [0.1, 0.15) is 11.8 Å². The fraction of sp³-hybridized carbons (Fsp3) is 0.194. The Morgan fingerprint density at radius 2 is 1.51 bits per heavy atom. The normalized spacial score (nSPS) is 11.4. The number of amides is 2. The van der Waals surface area contributed by atoms with Crippen molar-refractivity contribution in [2.45, 2.75) is 32.0 Å². The standard InChI is InChI=1S/C31H31N3O3/c1-37-28-17-14-25(15-18-28)23-34(29(35)19-16-24-9-4-2-5-10-24)30(27-12-6-3-7-13-27)31(36)33-22-26-11-8-20-32-21-26/h2-15,17-18,20-21,30H,16,19,22-23H2,1H3,(H,33,36)/t30-/m0/s1. The molecule has 0 spiro atoms. The highest BCUT2D eigenvalue weighted by Crippen LogP contribution is 2.26. The molecule has 0 unspecified atom stereocenters. The topological polar surface area (TPSA) is 71.5 Å². The number of benzene rings is 3. The van der Waals surface area contributed by atoms with Crippen LogP contribution in [0.4, 0.5) is 0 Å². The molecule has 0 bridgehead atoms. The zero-order chi connectivity index (χ0) is 25.9. The molecule has 0 aliphatic rings. The molecule has 188 valence electrons. The predicted octanol–water partition coefficient (Wildman–Crippen LogP) is 5.11. The number of aryl methyl sites for hydroxylation is 1. The van der Waals surface area contributed by atoms with Gasteiger partial charge in [-0.15, -0.1) is 0 Å². The summed E-state index contributed by atoms with van der Waals surface area (Å²) in [6, 6.07) is 29.9. The van der Waals surface area contributed by atoms with Crippen molar-refractivity contribution < 1.29 is 14.3 Å². The van der Waals surface area contributed by atoms with E-state index in [2.05, 4.69) is 10.3 Å². The second kappa shape index (κ2) is 13.0. The third-order valence-corrected chi connectivity index (χ3v) is 6.17. The van der Waals surface area contributed by atoms with Crippen molar-refractivity contribution in [3.63, 3.8) is 0 Å². The number of carbonyl (C=O) groups excluding carboxylic acids is 2. The zero-order valence-corrected chi connectivity index (χ0v) is 20.9. The summed E-state index contributed by atoms with van der Waals surface area (Å²) in [5.41, 5.74) is 3.64. The number of rotatable bonds is 11. The Morgan fingerprint density at radius 1 is 0.838 bits per heavy atom. The van der Waals surface area contributed by atoms with Crippen LogP contribution in [0.3, 0.4) is 0 Å². The molecule has 2 amide bonds. The largest absolute Gasteiger partial charge is 0.497 e. The van der Waals surface area contributed by atoms with Crippen molar-refractivity contribution in [1.29, 1.82) is 0 Å². The minimum Gasteiger partial charge on any atom is -0.497 e. The van der Waals surface area contributed by atoms with E-state index in [0.29, 0.717) is 19.4 Å². The molecule has 0 radical (unpaired) electrons. The summed E-state index contributed by atoms with van der Waals surface area (Å²) in [5.74, 6) is 0.404. The fourth-order valence-electron chi connectivity index (χ4n) is 4.19. The van der Waals surface area contributed by atoms with Crippen LogP contribution < -0.4 is 10.1 Å². The number of nitrogens with one attached hydrogen (secondary N) is 1. The quantitative estimate of drug-likeness (QED) is 0.315. The van der Waals surface area contributed by atoms with Gasteiger partial charge in [0.25, 0.3) is 0 Å². The monoisotopic (exact) mass is 493 g/mol. The van der Waals surface area contributed by atoms with Crippen LogP contribution >= 0.6 is 0 Å². The van der Waals surface area contributed by atoms with E-state index >= 15 is 0 Å². The van der Waals surface area contributed by atoms with Crippen molar-refractivity contribution in [3.05, 3.63) is 132 Å². The molecule has 6 heteroatoms. The van der Waals surface area contributed by atoms with E-state index in [0.717, 1.165) is 28.0 Å². The molecule has 0 aliphatic carbocycles. The lowest BCUT2D eigenvalue weighted by Gasteiger charge is -2.32. The summed E-state index contributed by atoms with van der Waals surface area (Å²) in [6.45, 7) is 0.613. The Kier molecular flexibility index (Phi) is 9.02. The van der Waals surface area contributed by atoms with Crippen molar-refractivity contribution in [2.75, 3.05) is 7.11 Å². The predicted molar refractivity (Wildman–Crippen MR) is 144 cm³/mol. The molecule has 0 fully saturated rings. The summed E-state index contributed by atoms with van der Waals surface area (Å²) < 4.78 is 5.29. The second-order valence-electron chi connectivity index (χ2n) is 8.75. The highest BCUT2D eigenvalue weighted by Gasteiger charge is 2.31. The molecule has 1 aromatic heterocycles. The zero-order valence-electron chi connectivity index (χ0n) is 20.9. The lowest BCUT2D eigenvalue weighted by molar-refractivity contribution is -0.141. The molecule has 1 N–H and O–H groups in total. The molecule has 1 heterocycles. The van der Waals surface area contributed by atoms with E-state index in [1.807, 2.05) is 97.1 Å². The first-order valence-corrected chi connectivity index (χ1v) is 12.3. The summed E-state index contributed by atoms with van der Waals surface area (Å²) in [4.78, 5) is 33.2. The van der Waals surface area contributed by atoms with Crippen LogP contribution in [0.2, 0.25) is 0 Å². The first-order chi connectivity index (χ1) is 18.1. The Bertz CT molecular complexity index is 1260. The number of methoxy groups -OCH3 is 1. The maximum atomic E-state index is 13.7. The van der Waals surface area contributed by atoms with Gasteiger partial charge in [0.05, 0.1) is 7.11 Å². The number of nitrogens with zero attached hydrogens (tertiary/aromatic N) is 2. The lowest BCUT2D eigenvalue weighted by Crippen LogP contribution is -2.43.